The number of nitrogens with one attached hydrogen (secondary N) is 1. The Morgan fingerprint density at radius 3 is 2.72 bits per heavy atom. The number of esters is 1. The Kier molecular flexibility index (Phi) is 6.58. The van der Waals surface area contributed by atoms with Crippen molar-refractivity contribution in [2.45, 2.75) is 38.1 Å². The Bertz CT molecular complexity index is 685. The molecule has 1 aromatic rings. The lowest BCUT2D eigenvalue weighted by Crippen LogP contribution is -2.46. The molecular weight excluding hydrogens is 320 g/mol. The van der Waals surface area contributed by atoms with E-state index in [-0.39, 0.29) is 0 Å². The van der Waals surface area contributed by atoms with Crippen molar-refractivity contribution in [2.75, 3.05) is 13.2 Å². The van der Waals surface area contributed by atoms with Gasteiger partial charge in [-0.3, -0.25) is 4.79 Å². The predicted octanol–water partition coefficient (Wildman–Crippen LogP) is 2.59. The van der Waals surface area contributed by atoms with Crippen LogP contribution in [0, 0.1) is 11.3 Å². The van der Waals surface area contributed by atoms with Gasteiger partial charge in [0.1, 0.15) is 11.3 Å². The van der Waals surface area contributed by atoms with Gasteiger partial charge in [0.2, 0.25) is 0 Å². The third-order valence-corrected chi connectivity index (χ3v) is 4.01. The minimum atomic E-state index is -0.810. The molecule has 0 heterocycles. The summed E-state index contributed by atoms with van der Waals surface area (Å²) in [6, 6.07) is 9.47. The minimum absolute atomic E-state index is 0.403. The quantitative estimate of drug-likeness (QED) is 0.608. The molecule has 132 valence electrons. The molecular formula is C19H22N2O4. The zero-order chi connectivity index (χ0) is 18.1. The van der Waals surface area contributed by atoms with Crippen LogP contribution in [-0.2, 0) is 14.3 Å². The van der Waals surface area contributed by atoms with Gasteiger partial charge >= 0.3 is 5.97 Å². The molecule has 0 aromatic heterocycles. The number of ether oxygens (including phenoxy) is 2. The molecule has 0 radical (unpaired) electrons. The van der Waals surface area contributed by atoms with Crippen LogP contribution in [0.25, 0.3) is 6.08 Å². The summed E-state index contributed by atoms with van der Waals surface area (Å²) in [5.41, 5.74) is -0.0596. The largest absolute Gasteiger partial charge is 0.493 e. The molecule has 25 heavy (non-hydrogen) atoms. The molecule has 6 nitrogen and oxygen atoms in total. The lowest BCUT2D eigenvalue weighted by atomic mass is 10.00. The Labute approximate surface area is 147 Å². The first-order chi connectivity index (χ1) is 12.1. The van der Waals surface area contributed by atoms with E-state index in [0.717, 1.165) is 18.4 Å². The third-order valence-electron chi connectivity index (χ3n) is 4.01. The van der Waals surface area contributed by atoms with Crippen LogP contribution in [0.4, 0.5) is 0 Å². The molecule has 0 aliphatic heterocycles. The van der Waals surface area contributed by atoms with Crippen LogP contribution in [0.15, 0.2) is 30.3 Å². The van der Waals surface area contributed by atoms with Crippen LogP contribution in [0.2, 0.25) is 0 Å². The number of carbonyl (C=O) groups is 2. The zero-order valence-corrected chi connectivity index (χ0v) is 14.3. The average molecular weight is 342 g/mol. The molecule has 1 N–H and O–H groups in total. The van der Waals surface area contributed by atoms with Crippen LogP contribution in [0.3, 0.4) is 0 Å². The summed E-state index contributed by atoms with van der Waals surface area (Å²) in [5, 5.41) is 11.9. The number of hydrogen-bond acceptors (Lipinski definition) is 5. The summed E-state index contributed by atoms with van der Waals surface area (Å²) >= 11 is 0. The van der Waals surface area contributed by atoms with Crippen LogP contribution in [-0.4, -0.2) is 30.6 Å². The lowest BCUT2D eigenvalue weighted by Gasteiger charge is -2.21. The number of hydrogen-bond donors (Lipinski definition) is 1. The molecule has 0 bridgehead atoms. The van der Waals surface area contributed by atoms with Crippen molar-refractivity contribution >= 4 is 18.0 Å². The first kappa shape index (κ1) is 18.5. The highest BCUT2D eigenvalue weighted by Gasteiger charge is 2.35. The smallest absolute Gasteiger partial charge is 0.331 e. The van der Waals surface area contributed by atoms with E-state index < -0.39 is 24.0 Å². The SMILES string of the molecule is CCOc1ccccc1/C=C/C(=O)OCC(=O)NC1(C#N)CCCC1. The zero-order valence-electron chi connectivity index (χ0n) is 14.3. The van der Waals surface area contributed by atoms with E-state index in [1.54, 1.807) is 6.08 Å². The molecule has 1 aromatic carbocycles. The fraction of sp³-hybridized carbons (Fsp3) is 0.421. The maximum atomic E-state index is 11.9. The van der Waals surface area contributed by atoms with E-state index in [2.05, 4.69) is 11.4 Å². The summed E-state index contributed by atoms with van der Waals surface area (Å²) < 4.78 is 10.4. The van der Waals surface area contributed by atoms with Gasteiger partial charge in [0, 0.05) is 11.6 Å². The van der Waals surface area contributed by atoms with E-state index >= 15 is 0 Å². The van der Waals surface area contributed by atoms with E-state index in [4.69, 9.17) is 9.47 Å². The molecule has 6 heteroatoms. The van der Waals surface area contributed by atoms with Gasteiger partial charge in [-0.15, -0.1) is 0 Å². The van der Waals surface area contributed by atoms with Gasteiger partial charge in [0.05, 0.1) is 12.7 Å². The number of carbonyl (C=O) groups excluding carboxylic acids is 2. The van der Waals surface area contributed by atoms with Gasteiger partial charge in [-0.05, 0) is 44.7 Å². The highest BCUT2D eigenvalue weighted by Crippen LogP contribution is 2.28. The van der Waals surface area contributed by atoms with Crippen LogP contribution in [0.5, 0.6) is 5.75 Å². The summed E-state index contributed by atoms with van der Waals surface area (Å²) in [5.74, 6) is -0.414. The minimum Gasteiger partial charge on any atom is -0.493 e. The Morgan fingerprint density at radius 2 is 2.04 bits per heavy atom. The number of nitriles is 1. The second-order valence-corrected chi connectivity index (χ2v) is 5.86. The van der Waals surface area contributed by atoms with Gasteiger partial charge < -0.3 is 14.8 Å². The predicted molar refractivity (Wildman–Crippen MR) is 92.6 cm³/mol. The summed E-state index contributed by atoms with van der Waals surface area (Å²) in [6.07, 6.45) is 5.93. The second-order valence-electron chi connectivity index (χ2n) is 5.86. The monoisotopic (exact) mass is 342 g/mol. The van der Waals surface area contributed by atoms with E-state index in [9.17, 15) is 14.9 Å². The summed E-state index contributed by atoms with van der Waals surface area (Å²) in [4.78, 5) is 23.7. The number of nitrogens with zero attached hydrogens (tertiary/aromatic N) is 1. The summed E-state index contributed by atoms with van der Waals surface area (Å²) in [7, 11) is 0. The molecule has 2 rings (SSSR count). The highest BCUT2D eigenvalue weighted by atomic mass is 16.5. The van der Waals surface area contributed by atoms with Gasteiger partial charge in [0.25, 0.3) is 5.91 Å². The van der Waals surface area contributed by atoms with Gasteiger partial charge in [-0.1, -0.05) is 18.2 Å². The second kappa shape index (κ2) is 8.88. The number of para-hydroxylation sites is 1. The maximum absolute atomic E-state index is 11.9. The molecule has 0 saturated heterocycles. The molecule has 0 atom stereocenters. The topological polar surface area (TPSA) is 88.4 Å². The van der Waals surface area contributed by atoms with Crippen molar-refractivity contribution in [3.05, 3.63) is 35.9 Å². The maximum Gasteiger partial charge on any atom is 0.331 e. The van der Waals surface area contributed by atoms with Crippen LogP contribution in [0.1, 0.15) is 38.2 Å². The summed E-state index contributed by atoms with van der Waals surface area (Å²) in [6.45, 7) is 2.00. The van der Waals surface area contributed by atoms with Gasteiger partial charge in [-0.2, -0.15) is 5.26 Å². The lowest BCUT2D eigenvalue weighted by molar-refractivity contribution is -0.144. The standard InChI is InChI=1S/C19H22N2O4/c1-2-24-16-8-4-3-7-15(16)9-10-18(23)25-13-17(22)21-19(14-20)11-5-6-12-19/h3-4,7-10H,2,5-6,11-13H2,1H3,(H,21,22)/b10-9+. The van der Waals surface area contributed by atoms with Gasteiger partial charge in [-0.25, -0.2) is 4.79 Å². The van der Waals surface area contributed by atoms with Gasteiger partial charge in [0.15, 0.2) is 6.61 Å². The number of amides is 1. The Morgan fingerprint density at radius 1 is 1.32 bits per heavy atom. The molecule has 1 aliphatic rings. The van der Waals surface area contributed by atoms with E-state index in [1.807, 2.05) is 31.2 Å². The molecule has 0 unspecified atom stereocenters. The van der Waals surface area contributed by atoms with Crippen molar-refractivity contribution in [1.29, 1.82) is 5.26 Å². The first-order valence-corrected chi connectivity index (χ1v) is 8.37. The fourth-order valence-corrected chi connectivity index (χ4v) is 2.79. The first-order valence-electron chi connectivity index (χ1n) is 8.37. The fourth-order valence-electron chi connectivity index (χ4n) is 2.79. The average Bonchev–Trinajstić information content (AvgIpc) is 3.08. The molecule has 1 fully saturated rings. The molecule has 1 aliphatic carbocycles. The molecule has 1 amide bonds. The van der Waals surface area contributed by atoms with Crippen molar-refractivity contribution in [3.8, 4) is 11.8 Å². The van der Waals surface area contributed by atoms with E-state index in [0.29, 0.717) is 25.2 Å². The molecule has 1 saturated carbocycles. The van der Waals surface area contributed by atoms with Crippen LogP contribution < -0.4 is 10.1 Å². The Balaban J connectivity index is 1.84. The number of rotatable bonds is 7. The highest BCUT2D eigenvalue weighted by molar-refractivity contribution is 5.89. The Hall–Kier alpha value is -2.81. The van der Waals surface area contributed by atoms with Crippen LogP contribution >= 0.6 is 0 Å². The van der Waals surface area contributed by atoms with Crippen molar-refractivity contribution in [3.63, 3.8) is 0 Å². The normalized spacial score (nSPS) is 15.5. The third kappa shape index (κ3) is 5.35. The molecule has 0 spiro atoms. The van der Waals surface area contributed by atoms with Crippen molar-refractivity contribution in [2.24, 2.45) is 0 Å². The number of benzene rings is 1. The van der Waals surface area contributed by atoms with Crippen molar-refractivity contribution < 1.29 is 19.1 Å². The van der Waals surface area contributed by atoms with E-state index in [1.165, 1.54) is 6.08 Å². The van der Waals surface area contributed by atoms with Crippen molar-refractivity contribution in [1.82, 2.24) is 5.32 Å².